The van der Waals surface area contributed by atoms with Crippen LogP contribution in [0.5, 0.6) is 5.75 Å². The Morgan fingerprint density at radius 2 is 1.76 bits per heavy atom. The van der Waals surface area contributed by atoms with Gasteiger partial charge in [0.2, 0.25) is 21.8 Å². The number of hydrogen-bond donors (Lipinski definition) is 4. The van der Waals surface area contributed by atoms with Crippen molar-refractivity contribution >= 4 is 102 Å². The first-order valence-corrected chi connectivity index (χ1v) is 26.8. The van der Waals surface area contributed by atoms with Crippen LogP contribution in [0.15, 0.2) is 77.2 Å². The summed E-state index contributed by atoms with van der Waals surface area (Å²) in [7, 11) is -3.87. The van der Waals surface area contributed by atoms with Gasteiger partial charge in [-0.15, -0.1) is 11.3 Å². The highest BCUT2D eigenvalue weighted by Gasteiger charge is 2.61. The molecule has 7 heterocycles. The van der Waals surface area contributed by atoms with Gasteiger partial charge in [-0.3, -0.25) is 24.6 Å². The number of ether oxygens (including phenoxy) is 1. The van der Waals surface area contributed by atoms with Crippen molar-refractivity contribution in [1.82, 2.24) is 14.6 Å². The first-order chi connectivity index (χ1) is 34.3. The van der Waals surface area contributed by atoms with Gasteiger partial charge in [0.05, 0.1) is 16.3 Å². The zero-order chi connectivity index (χ0) is 50.6. The van der Waals surface area contributed by atoms with E-state index >= 15 is 0 Å². The number of nitrogens with one attached hydrogen (secondary N) is 2. The van der Waals surface area contributed by atoms with Gasteiger partial charge >= 0.3 is 11.9 Å². The molecule has 4 aromatic carbocycles. The standard InChI is InChI=1S/C52H51ClN6O11S2/c1-51(2)34-16-19-52(3,24-36(34)54-30-7-4-6-29(23-30)45-43(53)44(69-25-41(61)62)46(71-45)49(65)66)59(51)72(67,68)26-27-10-14-39-35(22-27)55-50(70-39)57-20-17-28(18-21-57)31-11-12-37-42-32(31)8-5-9-33(42)48(64)58(37)38-13-15-40(60)56-47(38)63/h4-12,14,22-23,28,34,36,38,54H,13,15-21,24-26H2,1-3H3,(H,61,62)(H,65,66)(H,56,60,63). The van der Waals surface area contributed by atoms with Crippen LogP contribution in [0.4, 0.5) is 17.4 Å². The molecule has 1 aliphatic carbocycles. The minimum absolute atomic E-state index is 0.0121. The number of oxazole rings is 1. The number of amides is 3. The number of nitrogens with zero attached hydrogens (tertiary/aromatic N) is 4. The lowest BCUT2D eigenvalue weighted by Crippen LogP contribution is -2.73. The average molecular weight is 1040 g/mol. The molecule has 5 fully saturated rings. The molecule has 6 aromatic rings. The Morgan fingerprint density at radius 3 is 2.50 bits per heavy atom. The number of rotatable bonds is 13. The van der Waals surface area contributed by atoms with E-state index < -0.39 is 51.6 Å². The smallest absolute Gasteiger partial charge is 0.349 e. The molecule has 72 heavy (non-hydrogen) atoms. The quantitative estimate of drug-likeness (QED) is 0.0794. The highest BCUT2D eigenvalue weighted by Crippen LogP contribution is 2.55. The minimum atomic E-state index is -3.87. The maximum absolute atomic E-state index is 14.7. The number of benzene rings is 4. The summed E-state index contributed by atoms with van der Waals surface area (Å²) in [5, 5.41) is 26.8. The number of carbonyl (C=O) groups excluding carboxylic acids is 3. The lowest BCUT2D eigenvalue weighted by molar-refractivity contribution is -0.139. The van der Waals surface area contributed by atoms with Crippen LogP contribution in [-0.4, -0.2) is 100 Å². The topological polar surface area (TPSA) is 229 Å². The zero-order valence-corrected chi connectivity index (χ0v) is 42.0. The number of aliphatic carboxylic acids is 1. The largest absolute Gasteiger partial charge is 0.479 e. The van der Waals surface area contributed by atoms with Crippen LogP contribution in [0.2, 0.25) is 5.02 Å². The van der Waals surface area contributed by atoms with Crippen LogP contribution in [0.1, 0.15) is 103 Å². The fraction of sp³-hybridized carbons (Fsp3) is 0.385. The van der Waals surface area contributed by atoms with Gasteiger partial charge in [-0.1, -0.05) is 48.0 Å². The first kappa shape index (κ1) is 47.8. The van der Waals surface area contributed by atoms with Crippen molar-refractivity contribution in [3.63, 3.8) is 0 Å². The van der Waals surface area contributed by atoms with Crippen molar-refractivity contribution in [1.29, 1.82) is 0 Å². The lowest BCUT2D eigenvalue weighted by Gasteiger charge is -2.63. The highest BCUT2D eigenvalue weighted by molar-refractivity contribution is 7.88. The Bertz CT molecular complexity index is 3400. The molecule has 1 saturated carbocycles. The molecule has 0 spiro atoms. The number of fused-ring (bicyclic) bond motifs is 4. The molecule has 3 amide bonds. The highest BCUT2D eigenvalue weighted by atomic mass is 35.5. The van der Waals surface area contributed by atoms with Gasteiger partial charge in [0.1, 0.15) is 16.6 Å². The molecule has 4 saturated heterocycles. The molecule has 12 rings (SSSR count). The van der Waals surface area contributed by atoms with Gasteiger partial charge in [-0.2, -0.15) is 9.29 Å². The van der Waals surface area contributed by atoms with Gasteiger partial charge in [-0.25, -0.2) is 18.0 Å². The van der Waals surface area contributed by atoms with E-state index in [2.05, 4.69) is 21.6 Å². The summed E-state index contributed by atoms with van der Waals surface area (Å²) in [5.74, 6) is -3.85. The number of carboxylic acids is 2. The Hall–Kier alpha value is -6.54. The number of halogens is 1. The van der Waals surface area contributed by atoms with Crippen molar-refractivity contribution < 1.29 is 51.8 Å². The molecule has 4 N–H and O–H groups in total. The van der Waals surface area contributed by atoms with Gasteiger partial charge in [-0.05, 0) is 130 Å². The number of anilines is 3. The van der Waals surface area contributed by atoms with Crippen LogP contribution < -0.4 is 25.2 Å². The minimum Gasteiger partial charge on any atom is -0.479 e. The normalized spacial score (nSPS) is 23.3. The summed E-state index contributed by atoms with van der Waals surface area (Å²) >= 11 is 7.51. The summed E-state index contributed by atoms with van der Waals surface area (Å²) in [6, 6.07) is 22.1. The van der Waals surface area contributed by atoms with Crippen molar-refractivity contribution in [3.8, 4) is 16.2 Å². The van der Waals surface area contributed by atoms with E-state index in [9.17, 15) is 37.5 Å². The molecule has 4 unspecified atom stereocenters. The van der Waals surface area contributed by atoms with Crippen LogP contribution in [0, 0.1) is 5.92 Å². The Morgan fingerprint density at radius 1 is 0.986 bits per heavy atom. The molecule has 0 radical (unpaired) electrons. The molecule has 20 heteroatoms. The SMILES string of the molecule is CC12CCC(C(Nc3cccc(-c4sc(C(=O)O)c(OCC(=O)O)c4Cl)c3)C1)C(C)(C)N2S(=O)(=O)Cc1ccc2oc(N3CCC(c4ccc5c6c(cccc46)C(=O)N5C4CCC(=O)NC4=O)CC3)nc2c1. The second kappa shape index (κ2) is 17.6. The van der Waals surface area contributed by atoms with Crippen LogP contribution in [-0.2, 0) is 30.2 Å². The van der Waals surface area contributed by atoms with Crippen molar-refractivity contribution in [3.05, 3.63) is 99.4 Å². The molecule has 374 valence electrons. The maximum atomic E-state index is 14.7. The predicted octanol–water partition coefficient (Wildman–Crippen LogP) is 8.64. The van der Waals surface area contributed by atoms with E-state index in [1.807, 2.05) is 57.2 Å². The maximum Gasteiger partial charge on any atom is 0.349 e. The van der Waals surface area contributed by atoms with E-state index in [1.54, 1.807) is 39.5 Å². The Labute approximate surface area is 423 Å². The number of piperidine rings is 4. The Balaban J connectivity index is 0.765. The fourth-order valence-corrected chi connectivity index (χ4v) is 16.3. The average Bonchev–Trinajstić information content (AvgIpc) is 3.99. The number of imide groups is 1. The lowest BCUT2D eigenvalue weighted by atomic mass is 9.61. The van der Waals surface area contributed by atoms with Crippen molar-refractivity contribution in [2.24, 2.45) is 5.92 Å². The zero-order valence-electron chi connectivity index (χ0n) is 39.6. The molecular weight excluding hydrogens is 984 g/mol. The van der Waals surface area contributed by atoms with Gasteiger partial charge in [0.15, 0.2) is 22.8 Å². The van der Waals surface area contributed by atoms with Gasteiger partial charge in [0, 0.05) is 53.3 Å². The summed E-state index contributed by atoms with van der Waals surface area (Å²) in [6.07, 6.45) is 4.09. The number of carboxylic acid groups (broad SMARTS) is 2. The molecule has 17 nitrogen and oxygen atoms in total. The number of aromatic carboxylic acids is 1. The summed E-state index contributed by atoms with van der Waals surface area (Å²) in [4.78, 5) is 70.4. The van der Waals surface area contributed by atoms with Gasteiger partial charge in [0.25, 0.3) is 11.9 Å². The molecule has 5 aliphatic heterocycles. The number of carbonyl (C=O) groups is 5. The number of sulfonamides is 1. The summed E-state index contributed by atoms with van der Waals surface area (Å²) in [5.41, 5.74) is 4.01. The summed E-state index contributed by atoms with van der Waals surface area (Å²) in [6.45, 7) is 6.59. The predicted molar refractivity (Wildman–Crippen MR) is 272 cm³/mol. The van der Waals surface area contributed by atoms with Crippen LogP contribution in [0.25, 0.3) is 32.3 Å². The van der Waals surface area contributed by atoms with Gasteiger partial charge < -0.3 is 29.6 Å². The Kier molecular flexibility index (Phi) is 11.7. The number of thiophene rings is 1. The van der Waals surface area contributed by atoms with Crippen LogP contribution in [0.3, 0.4) is 0 Å². The van der Waals surface area contributed by atoms with Crippen LogP contribution >= 0.6 is 22.9 Å². The molecule has 4 atom stereocenters. The second-order valence-electron chi connectivity index (χ2n) is 20.3. The van der Waals surface area contributed by atoms with E-state index in [4.69, 9.17) is 30.8 Å². The summed E-state index contributed by atoms with van der Waals surface area (Å²) < 4.78 is 42.7. The first-order valence-electron chi connectivity index (χ1n) is 24.0. The fourth-order valence-electron chi connectivity index (χ4n) is 12.5. The van der Waals surface area contributed by atoms with E-state index in [-0.39, 0.29) is 63.9 Å². The molecule has 2 aromatic heterocycles. The molecular formula is C52H51ClN6O11S2. The second-order valence-corrected chi connectivity index (χ2v) is 23.6. The molecule has 2 bridgehead atoms. The number of aromatic nitrogens is 1. The third-order valence-electron chi connectivity index (χ3n) is 15.4. The van der Waals surface area contributed by atoms with Crippen molar-refractivity contribution in [2.45, 2.75) is 101 Å². The third kappa shape index (κ3) is 8.04. The van der Waals surface area contributed by atoms with Crippen molar-refractivity contribution in [2.75, 3.05) is 34.8 Å². The third-order valence-corrected chi connectivity index (χ3v) is 19.3. The monoisotopic (exact) mass is 1030 g/mol. The number of hydrogen-bond acceptors (Lipinski definition) is 13. The molecule has 6 aliphatic rings. The van der Waals surface area contributed by atoms with E-state index in [0.717, 1.165) is 52.6 Å². The van der Waals surface area contributed by atoms with E-state index in [0.29, 0.717) is 70.3 Å². The van der Waals surface area contributed by atoms with E-state index in [1.165, 1.54) is 0 Å².